The number of carbonyl (C=O) groups is 2. The molecule has 0 saturated carbocycles. The molecule has 1 saturated heterocycles. The van der Waals surface area contributed by atoms with Crippen LogP contribution < -0.4 is 9.47 Å². The van der Waals surface area contributed by atoms with Gasteiger partial charge in [0.05, 0.1) is 19.1 Å². The minimum Gasteiger partial charge on any atom is -0.493 e. The quantitative estimate of drug-likeness (QED) is 0.549. The minimum absolute atomic E-state index is 0.0155. The van der Waals surface area contributed by atoms with E-state index < -0.39 is 5.91 Å². The van der Waals surface area contributed by atoms with Gasteiger partial charge in [-0.1, -0.05) is 36.4 Å². The molecule has 10 heteroatoms. The Hall–Kier alpha value is -3.92. The zero-order valence-electron chi connectivity index (χ0n) is 20.5. The third kappa shape index (κ3) is 5.59. The predicted octanol–water partition coefficient (Wildman–Crippen LogP) is 4.30. The van der Waals surface area contributed by atoms with E-state index in [0.29, 0.717) is 33.9 Å². The van der Waals surface area contributed by atoms with Gasteiger partial charge in [-0.2, -0.15) is 15.1 Å². The van der Waals surface area contributed by atoms with Gasteiger partial charge in [-0.3, -0.25) is 15.0 Å². The van der Waals surface area contributed by atoms with Crippen molar-refractivity contribution in [1.29, 1.82) is 5.41 Å². The van der Waals surface area contributed by atoms with Gasteiger partial charge in [0.2, 0.25) is 11.1 Å². The number of thioether (sulfide) groups is 1. The topological polar surface area (TPSA) is 108 Å². The Morgan fingerprint density at radius 3 is 2.65 bits per heavy atom. The Morgan fingerprint density at radius 1 is 1.11 bits per heavy atom. The second-order valence-electron chi connectivity index (χ2n) is 8.82. The van der Waals surface area contributed by atoms with Crippen LogP contribution in [0, 0.1) is 5.41 Å². The summed E-state index contributed by atoms with van der Waals surface area (Å²) in [6, 6.07) is 15.1. The lowest BCUT2D eigenvalue weighted by Gasteiger charge is -2.26. The Labute approximate surface area is 219 Å². The Bertz CT molecular complexity index is 1320. The number of hydrogen-bond donors (Lipinski definition) is 1. The number of likely N-dealkylation sites (tertiary alicyclic amines) is 1. The van der Waals surface area contributed by atoms with E-state index in [4.69, 9.17) is 14.9 Å². The van der Waals surface area contributed by atoms with Crippen LogP contribution >= 0.6 is 11.8 Å². The van der Waals surface area contributed by atoms with Crippen LogP contribution in [0.4, 0.5) is 0 Å². The number of carbonyl (C=O) groups excluding carboxylic acids is 2. The maximum Gasteiger partial charge on any atom is 0.283 e. The van der Waals surface area contributed by atoms with E-state index >= 15 is 0 Å². The van der Waals surface area contributed by atoms with Crippen molar-refractivity contribution in [2.75, 3.05) is 20.2 Å². The molecule has 0 aliphatic carbocycles. The number of rotatable bonds is 7. The summed E-state index contributed by atoms with van der Waals surface area (Å²) in [6.45, 7) is 1.93. The monoisotopic (exact) mass is 517 g/mol. The summed E-state index contributed by atoms with van der Waals surface area (Å²) in [4.78, 5) is 31.4. The molecule has 190 valence electrons. The zero-order chi connectivity index (χ0) is 25.8. The van der Waals surface area contributed by atoms with Crippen molar-refractivity contribution in [3.63, 3.8) is 0 Å². The highest BCUT2D eigenvalue weighted by Gasteiger charge is 2.36. The summed E-state index contributed by atoms with van der Waals surface area (Å²) in [6.07, 6.45) is 4.91. The minimum atomic E-state index is -0.522. The average Bonchev–Trinajstić information content (AvgIpc) is 3.33. The molecular weight excluding hydrogens is 490 g/mol. The largest absolute Gasteiger partial charge is 0.493 e. The second kappa shape index (κ2) is 11.0. The van der Waals surface area contributed by atoms with Crippen LogP contribution in [0.15, 0.2) is 64.2 Å². The molecule has 0 atom stereocenters. The molecule has 3 aliphatic rings. The third-order valence-corrected chi connectivity index (χ3v) is 7.15. The summed E-state index contributed by atoms with van der Waals surface area (Å²) in [5, 5.41) is 15.2. The van der Waals surface area contributed by atoms with Gasteiger partial charge in [0.15, 0.2) is 17.3 Å². The molecule has 0 radical (unpaired) electrons. The number of fused-ring (bicyclic) bond motifs is 1. The SMILES string of the molecule is COc1cc(/C=C2/C(=N)N3N=C(CC(=O)N4CCCCC4)SC3=NC2=O)ccc1OCc1ccccc1. The maximum atomic E-state index is 12.8. The van der Waals surface area contributed by atoms with Crippen molar-refractivity contribution in [2.45, 2.75) is 32.3 Å². The highest BCUT2D eigenvalue weighted by atomic mass is 32.2. The molecule has 37 heavy (non-hydrogen) atoms. The van der Waals surface area contributed by atoms with Gasteiger partial charge < -0.3 is 14.4 Å². The number of amides is 2. The van der Waals surface area contributed by atoms with E-state index in [1.807, 2.05) is 35.2 Å². The molecule has 9 nitrogen and oxygen atoms in total. The van der Waals surface area contributed by atoms with Crippen LogP contribution in [0.2, 0.25) is 0 Å². The van der Waals surface area contributed by atoms with Gasteiger partial charge >= 0.3 is 0 Å². The number of hydrogen-bond acceptors (Lipinski definition) is 7. The van der Waals surface area contributed by atoms with Crippen molar-refractivity contribution in [1.82, 2.24) is 9.91 Å². The summed E-state index contributed by atoms with van der Waals surface area (Å²) in [7, 11) is 1.55. The number of aliphatic imine (C=N–C) groups is 1. The van der Waals surface area contributed by atoms with Crippen LogP contribution in [0.3, 0.4) is 0 Å². The number of nitrogens with one attached hydrogen (secondary N) is 1. The highest BCUT2D eigenvalue weighted by molar-refractivity contribution is 8.27. The number of benzene rings is 2. The molecule has 1 fully saturated rings. The van der Waals surface area contributed by atoms with Gasteiger partial charge in [0, 0.05) is 13.1 Å². The lowest BCUT2D eigenvalue weighted by Crippen LogP contribution is -2.36. The van der Waals surface area contributed by atoms with E-state index in [1.54, 1.807) is 31.4 Å². The van der Waals surface area contributed by atoms with Crippen LogP contribution in [0.25, 0.3) is 6.08 Å². The van der Waals surface area contributed by atoms with E-state index in [0.717, 1.165) is 37.9 Å². The summed E-state index contributed by atoms with van der Waals surface area (Å²) < 4.78 is 11.4. The summed E-state index contributed by atoms with van der Waals surface area (Å²) in [5.74, 6) is 0.499. The molecule has 0 unspecified atom stereocenters. The van der Waals surface area contributed by atoms with Gasteiger partial charge in [0.25, 0.3) is 5.91 Å². The normalized spacial score (nSPS) is 18.5. The van der Waals surface area contributed by atoms with E-state index in [9.17, 15) is 9.59 Å². The lowest BCUT2D eigenvalue weighted by atomic mass is 10.1. The van der Waals surface area contributed by atoms with Crippen molar-refractivity contribution in [3.8, 4) is 11.5 Å². The lowest BCUT2D eigenvalue weighted by molar-refractivity contribution is -0.130. The van der Waals surface area contributed by atoms with Gasteiger partial charge in [-0.25, -0.2) is 0 Å². The zero-order valence-corrected chi connectivity index (χ0v) is 21.3. The fourth-order valence-electron chi connectivity index (χ4n) is 4.28. The second-order valence-corrected chi connectivity index (χ2v) is 9.86. The maximum absolute atomic E-state index is 12.8. The molecule has 0 aromatic heterocycles. The molecule has 1 N–H and O–H groups in total. The molecule has 2 amide bonds. The average molecular weight is 518 g/mol. The van der Waals surface area contributed by atoms with E-state index in [2.05, 4.69) is 10.1 Å². The van der Waals surface area contributed by atoms with Crippen LogP contribution in [-0.2, 0) is 16.2 Å². The number of amidine groups is 2. The summed E-state index contributed by atoms with van der Waals surface area (Å²) in [5.41, 5.74) is 1.80. The van der Waals surface area contributed by atoms with Crippen molar-refractivity contribution in [2.24, 2.45) is 10.1 Å². The first-order chi connectivity index (χ1) is 18.0. The van der Waals surface area contributed by atoms with Crippen LogP contribution in [0.1, 0.15) is 36.8 Å². The van der Waals surface area contributed by atoms with E-state index in [1.165, 1.54) is 16.8 Å². The van der Waals surface area contributed by atoms with Crippen LogP contribution in [-0.4, -0.2) is 58.0 Å². The molecule has 0 bridgehead atoms. The fraction of sp³-hybridized carbons (Fsp3) is 0.296. The highest BCUT2D eigenvalue weighted by Crippen LogP contribution is 2.32. The Morgan fingerprint density at radius 2 is 1.89 bits per heavy atom. The van der Waals surface area contributed by atoms with Gasteiger partial charge in [0.1, 0.15) is 11.7 Å². The molecule has 2 aromatic carbocycles. The first-order valence-electron chi connectivity index (χ1n) is 12.1. The molecule has 2 aromatic rings. The Kier molecular flexibility index (Phi) is 7.36. The fourth-order valence-corrected chi connectivity index (χ4v) is 5.16. The number of ether oxygens (including phenoxy) is 2. The molecule has 3 heterocycles. The van der Waals surface area contributed by atoms with Crippen LogP contribution in [0.5, 0.6) is 11.5 Å². The number of nitrogens with zero attached hydrogens (tertiary/aromatic N) is 4. The van der Waals surface area contributed by atoms with Crippen molar-refractivity contribution < 1.29 is 19.1 Å². The smallest absolute Gasteiger partial charge is 0.283 e. The number of piperidine rings is 1. The van der Waals surface area contributed by atoms with Crippen molar-refractivity contribution in [3.05, 3.63) is 65.2 Å². The number of hydrazone groups is 1. The van der Waals surface area contributed by atoms with Gasteiger partial charge in [-0.15, -0.1) is 0 Å². The standard InChI is InChI=1S/C27H27N5O4S/c1-35-22-15-19(10-11-21(22)36-17-18-8-4-2-5-9-18)14-20-25(28)32-27(29-26(20)34)37-23(30-32)16-24(33)31-12-6-3-7-13-31/h2,4-5,8-11,14-15,28H,3,6-7,12-13,16-17H2,1H3/b20-14-,28-25?. The molecule has 5 rings (SSSR count). The van der Waals surface area contributed by atoms with E-state index in [-0.39, 0.29) is 23.7 Å². The molecule has 0 spiro atoms. The van der Waals surface area contributed by atoms with Crippen molar-refractivity contribution >= 4 is 45.7 Å². The molecular formula is C27H27N5O4S. The number of methoxy groups -OCH3 is 1. The molecule has 3 aliphatic heterocycles. The first-order valence-corrected chi connectivity index (χ1v) is 12.9. The van der Waals surface area contributed by atoms with Gasteiger partial charge in [-0.05, 0) is 60.4 Å². The summed E-state index contributed by atoms with van der Waals surface area (Å²) >= 11 is 1.17. The predicted molar refractivity (Wildman–Crippen MR) is 144 cm³/mol. The first kappa shape index (κ1) is 24.8. The third-order valence-electron chi connectivity index (χ3n) is 6.24. The Balaban J connectivity index is 1.30.